The number of pyridine rings is 1. The first-order chi connectivity index (χ1) is 9.13. The van der Waals surface area contributed by atoms with E-state index in [1.165, 1.54) is 4.90 Å². The van der Waals surface area contributed by atoms with Crippen LogP contribution in [-0.4, -0.2) is 16.8 Å². The lowest BCUT2D eigenvalue weighted by Crippen LogP contribution is -2.33. The zero-order valence-electron chi connectivity index (χ0n) is 10.7. The van der Waals surface area contributed by atoms with Gasteiger partial charge in [0.05, 0.1) is 16.9 Å². The summed E-state index contributed by atoms with van der Waals surface area (Å²) in [5.41, 5.74) is 0. The zero-order valence-corrected chi connectivity index (χ0v) is 11.4. The molecule has 2 aliphatic rings. The summed E-state index contributed by atoms with van der Waals surface area (Å²) in [5.74, 6) is 0.162. The van der Waals surface area contributed by atoms with E-state index < -0.39 is 0 Å². The van der Waals surface area contributed by atoms with Gasteiger partial charge in [-0.1, -0.05) is 24.9 Å². The second-order valence-corrected chi connectivity index (χ2v) is 5.69. The Labute approximate surface area is 116 Å². The minimum absolute atomic E-state index is 0.133. The summed E-state index contributed by atoms with van der Waals surface area (Å²) in [6.45, 7) is 2.11. The Bertz CT molecular complexity index is 522. The highest BCUT2D eigenvalue weighted by Crippen LogP contribution is 2.45. The number of nitrogens with zero attached hydrogens (tertiary/aromatic N) is 2. The van der Waals surface area contributed by atoms with Crippen molar-refractivity contribution in [2.75, 3.05) is 4.90 Å². The lowest BCUT2D eigenvalue weighted by Gasteiger charge is -2.17. The van der Waals surface area contributed by atoms with Crippen molar-refractivity contribution in [2.45, 2.75) is 26.2 Å². The van der Waals surface area contributed by atoms with E-state index >= 15 is 0 Å². The fraction of sp³-hybridized carbons (Fsp3) is 0.500. The highest BCUT2D eigenvalue weighted by Gasteiger charge is 2.53. The van der Waals surface area contributed by atoms with Gasteiger partial charge in [-0.15, -0.1) is 0 Å². The molecule has 2 atom stereocenters. The lowest BCUT2D eigenvalue weighted by atomic mass is 10.00. The molecular formula is C14H15ClN2O2. The molecule has 2 heterocycles. The van der Waals surface area contributed by atoms with Crippen LogP contribution in [0.15, 0.2) is 18.3 Å². The van der Waals surface area contributed by atoms with Crippen LogP contribution in [0.4, 0.5) is 5.82 Å². The first-order valence-corrected chi connectivity index (χ1v) is 6.99. The van der Waals surface area contributed by atoms with Crippen LogP contribution in [-0.2, 0) is 9.59 Å². The Morgan fingerprint density at radius 1 is 1.32 bits per heavy atom. The molecular weight excluding hydrogens is 264 g/mol. The van der Waals surface area contributed by atoms with E-state index in [4.69, 9.17) is 11.6 Å². The minimum Gasteiger partial charge on any atom is -0.274 e. The second kappa shape index (κ2) is 4.60. The molecule has 19 heavy (non-hydrogen) atoms. The molecule has 1 aliphatic heterocycles. The van der Waals surface area contributed by atoms with Crippen LogP contribution < -0.4 is 4.90 Å². The van der Waals surface area contributed by atoms with Gasteiger partial charge in [-0.2, -0.15) is 0 Å². The molecule has 0 radical (unpaired) electrons. The van der Waals surface area contributed by atoms with Crippen molar-refractivity contribution in [1.82, 2.24) is 4.98 Å². The molecule has 1 aliphatic carbocycles. The lowest BCUT2D eigenvalue weighted by molar-refractivity contribution is -0.123. The number of hydrogen-bond donors (Lipinski definition) is 0. The smallest absolute Gasteiger partial charge is 0.238 e. The third-order valence-corrected chi connectivity index (χ3v) is 4.56. The monoisotopic (exact) mass is 278 g/mol. The molecule has 1 saturated heterocycles. The summed E-state index contributed by atoms with van der Waals surface area (Å²) in [4.78, 5) is 30.1. The van der Waals surface area contributed by atoms with E-state index in [0.717, 1.165) is 19.3 Å². The predicted molar refractivity (Wildman–Crippen MR) is 71.7 cm³/mol. The number of carbonyl (C=O) groups excluding carboxylic acids is 2. The SMILES string of the molecule is CCC1CC2C(=O)N(c3ncccc3Cl)C(=O)C2C1. The Morgan fingerprint density at radius 3 is 2.47 bits per heavy atom. The van der Waals surface area contributed by atoms with Gasteiger partial charge in [0.1, 0.15) is 0 Å². The van der Waals surface area contributed by atoms with Crippen LogP contribution in [0.25, 0.3) is 0 Å². The Hall–Kier alpha value is -1.42. The van der Waals surface area contributed by atoms with Crippen molar-refractivity contribution in [1.29, 1.82) is 0 Å². The van der Waals surface area contributed by atoms with Gasteiger partial charge in [-0.25, -0.2) is 9.88 Å². The van der Waals surface area contributed by atoms with Gasteiger partial charge >= 0.3 is 0 Å². The maximum Gasteiger partial charge on any atom is 0.238 e. The molecule has 1 aromatic rings. The van der Waals surface area contributed by atoms with Crippen molar-refractivity contribution < 1.29 is 9.59 Å². The molecule has 0 N–H and O–H groups in total. The van der Waals surface area contributed by atoms with Crippen LogP contribution in [0, 0.1) is 17.8 Å². The number of carbonyl (C=O) groups is 2. The largest absolute Gasteiger partial charge is 0.274 e. The molecule has 3 rings (SSSR count). The number of anilines is 1. The van der Waals surface area contributed by atoms with Crippen LogP contribution in [0.1, 0.15) is 26.2 Å². The Balaban J connectivity index is 1.93. The van der Waals surface area contributed by atoms with Crippen LogP contribution in [0.2, 0.25) is 5.02 Å². The predicted octanol–water partition coefficient (Wildman–Crippen LogP) is 2.66. The van der Waals surface area contributed by atoms with E-state index in [2.05, 4.69) is 11.9 Å². The summed E-state index contributed by atoms with van der Waals surface area (Å²) in [6.07, 6.45) is 4.20. The highest BCUT2D eigenvalue weighted by molar-refractivity contribution is 6.35. The Morgan fingerprint density at radius 2 is 1.95 bits per heavy atom. The van der Waals surface area contributed by atoms with E-state index in [9.17, 15) is 9.59 Å². The number of fused-ring (bicyclic) bond motifs is 1. The summed E-state index contributed by atoms with van der Waals surface area (Å²) in [5, 5.41) is 0.344. The first kappa shape index (κ1) is 12.6. The van der Waals surface area contributed by atoms with Crippen molar-refractivity contribution in [2.24, 2.45) is 17.8 Å². The number of amides is 2. The standard InChI is InChI=1S/C14H15ClN2O2/c1-2-8-6-9-10(7-8)14(19)17(13(9)18)12-11(15)4-3-5-16-12/h3-5,8-10H,2,6-7H2,1H3. The van der Waals surface area contributed by atoms with E-state index in [0.29, 0.717) is 10.9 Å². The molecule has 1 aromatic heterocycles. The molecule has 2 fully saturated rings. The molecule has 2 unspecified atom stereocenters. The summed E-state index contributed by atoms with van der Waals surface area (Å²) >= 11 is 6.04. The highest BCUT2D eigenvalue weighted by atomic mass is 35.5. The summed E-state index contributed by atoms with van der Waals surface area (Å²) in [7, 11) is 0. The molecule has 1 saturated carbocycles. The normalized spacial score (nSPS) is 30.0. The van der Waals surface area contributed by atoms with Crippen molar-refractivity contribution >= 4 is 29.2 Å². The van der Waals surface area contributed by atoms with Crippen molar-refractivity contribution in [3.8, 4) is 0 Å². The molecule has 4 nitrogen and oxygen atoms in total. The van der Waals surface area contributed by atoms with Gasteiger partial charge in [0, 0.05) is 6.20 Å². The van der Waals surface area contributed by atoms with Gasteiger partial charge in [0.25, 0.3) is 0 Å². The second-order valence-electron chi connectivity index (χ2n) is 5.28. The van der Waals surface area contributed by atoms with Gasteiger partial charge in [0.2, 0.25) is 11.8 Å². The number of aromatic nitrogens is 1. The summed E-state index contributed by atoms with van der Waals surface area (Å²) in [6, 6.07) is 3.33. The van der Waals surface area contributed by atoms with Gasteiger partial charge in [0.15, 0.2) is 5.82 Å². The maximum atomic E-state index is 12.4. The average molecular weight is 279 g/mol. The van der Waals surface area contributed by atoms with Crippen LogP contribution in [0.3, 0.4) is 0 Å². The first-order valence-electron chi connectivity index (χ1n) is 6.61. The van der Waals surface area contributed by atoms with Crippen molar-refractivity contribution in [3.63, 3.8) is 0 Å². The van der Waals surface area contributed by atoms with Crippen LogP contribution >= 0.6 is 11.6 Å². The number of hydrogen-bond acceptors (Lipinski definition) is 3. The fourth-order valence-corrected chi connectivity index (χ4v) is 3.42. The van der Waals surface area contributed by atoms with Gasteiger partial charge in [-0.3, -0.25) is 9.59 Å². The van der Waals surface area contributed by atoms with Crippen LogP contribution in [0.5, 0.6) is 0 Å². The number of imide groups is 1. The van der Waals surface area contributed by atoms with Gasteiger partial charge in [-0.05, 0) is 30.9 Å². The third-order valence-electron chi connectivity index (χ3n) is 4.26. The van der Waals surface area contributed by atoms with Gasteiger partial charge < -0.3 is 0 Å². The number of rotatable bonds is 2. The molecule has 2 amide bonds. The minimum atomic E-state index is -0.171. The fourth-order valence-electron chi connectivity index (χ4n) is 3.21. The van der Waals surface area contributed by atoms with E-state index in [1.807, 2.05) is 0 Å². The molecule has 0 bridgehead atoms. The molecule has 5 heteroatoms. The molecule has 0 aromatic carbocycles. The maximum absolute atomic E-state index is 12.4. The number of halogens is 1. The third kappa shape index (κ3) is 1.86. The topological polar surface area (TPSA) is 50.3 Å². The molecule has 0 spiro atoms. The van der Waals surface area contributed by atoms with Crippen molar-refractivity contribution in [3.05, 3.63) is 23.4 Å². The quantitative estimate of drug-likeness (QED) is 0.782. The van der Waals surface area contributed by atoms with E-state index in [-0.39, 0.29) is 29.5 Å². The van der Waals surface area contributed by atoms with E-state index in [1.54, 1.807) is 18.3 Å². The summed E-state index contributed by atoms with van der Waals surface area (Å²) < 4.78 is 0. The zero-order chi connectivity index (χ0) is 13.6. The Kier molecular flexibility index (Phi) is 3.05. The average Bonchev–Trinajstić information content (AvgIpc) is 2.92. The molecule has 100 valence electrons.